The molecule has 0 radical (unpaired) electrons. The third kappa shape index (κ3) is 4.05. The molecule has 2 aromatic carbocycles. The molecule has 122 valence electrons. The average molecular weight is 377 g/mol. The van der Waals surface area contributed by atoms with E-state index in [9.17, 15) is 4.79 Å². The first-order valence-electron chi connectivity index (χ1n) is 7.37. The Morgan fingerprint density at radius 1 is 1.26 bits per heavy atom. The monoisotopic (exact) mass is 376 g/mol. The molecule has 0 fully saturated rings. The first-order chi connectivity index (χ1) is 10.9. The number of anilines is 1. The second-order valence-electron chi connectivity index (χ2n) is 5.41. The Labute approximate surface area is 145 Å². The van der Waals surface area contributed by atoms with Gasteiger partial charge in [-0.3, -0.25) is 4.90 Å². The van der Waals surface area contributed by atoms with Gasteiger partial charge in [0.05, 0.1) is 5.69 Å². The van der Waals surface area contributed by atoms with Crippen molar-refractivity contribution in [1.29, 1.82) is 0 Å². The maximum Gasteiger partial charge on any atom is 0.321 e. The van der Waals surface area contributed by atoms with E-state index in [0.717, 1.165) is 27.0 Å². The van der Waals surface area contributed by atoms with Gasteiger partial charge in [0.15, 0.2) is 0 Å². The highest BCUT2D eigenvalue weighted by atomic mass is 79.9. The SMILES string of the molecule is CNC(=O)N(C)c1cccc(Br)c1COc1ccc(C)cc1C. The lowest BCUT2D eigenvalue weighted by Crippen LogP contribution is -2.35. The second kappa shape index (κ2) is 7.51. The molecule has 1 N–H and O–H groups in total. The molecular weight excluding hydrogens is 356 g/mol. The number of carbonyl (C=O) groups excluding carboxylic acids is 1. The fourth-order valence-electron chi connectivity index (χ4n) is 2.39. The molecule has 0 aliphatic heterocycles. The molecule has 23 heavy (non-hydrogen) atoms. The van der Waals surface area contributed by atoms with Crippen molar-refractivity contribution in [1.82, 2.24) is 5.32 Å². The molecule has 5 heteroatoms. The van der Waals surface area contributed by atoms with E-state index >= 15 is 0 Å². The summed E-state index contributed by atoms with van der Waals surface area (Å²) in [5, 5.41) is 2.63. The number of rotatable bonds is 4. The highest BCUT2D eigenvalue weighted by Crippen LogP contribution is 2.29. The van der Waals surface area contributed by atoms with Gasteiger partial charge in [0.2, 0.25) is 0 Å². The van der Waals surface area contributed by atoms with E-state index in [2.05, 4.69) is 34.2 Å². The van der Waals surface area contributed by atoms with Gasteiger partial charge in [0, 0.05) is 24.1 Å². The van der Waals surface area contributed by atoms with E-state index in [1.165, 1.54) is 5.56 Å². The summed E-state index contributed by atoms with van der Waals surface area (Å²) in [5.74, 6) is 0.847. The van der Waals surface area contributed by atoms with Crippen LogP contribution in [0.2, 0.25) is 0 Å². The van der Waals surface area contributed by atoms with Crippen LogP contribution >= 0.6 is 15.9 Å². The first-order valence-corrected chi connectivity index (χ1v) is 8.16. The number of hydrogen-bond donors (Lipinski definition) is 1. The van der Waals surface area contributed by atoms with Crippen LogP contribution in [0.1, 0.15) is 16.7 Å². The third-order valence-corrected chi connectivity index (χ3v) is 4.42. The van der Waals surface area contributed by atoms with Crippen molar-refractivity contribution < 1.29 is 9.53 Å². The van der Waals surface area contributed by atoms with E-state index in [1.54, 1.807) is 19.0 Å². The Kier molecular flexibility index (Phi) is 5.66. The van der Waals surface area contributed by atoms with Crippen molar-refractivity contribution >= 4 is 27.6 Å². The fraction of sp³-hybridized carbons (Fsp3) is 0.278. The molecule has 0 aromatic heterocycles. The van der Waals surface area contributed by atoms with Gasteiger partial charge in [0.25, 0.3) is 0 Å². The number of nitrogens with one attached hydrogen (secondary N) is 1. The summed E-state index contributed by atoms with van der Waals surface area (Å²) in [4.78, 5) is 13.5. The summed E-state index contributed by atoms with van der Waals surface area (Å²) in [5.41, 5.74) is 4.04. The van der Waals surface area contributed by atoms with E-state index in [4.69, 9.17) is 4.74 Å². The lowest BCUT2D eigenvalue weighted by molar-refractivity contribution is 0.249. The van der Waals surface area contributed by atoms with Gasteiger partial charge in [-0.05, 0) is 37.6 Å². The number of hydrogen-bond acceptors (Lipinski definition) is 2. The number of aryl methyl sites for hydroxylation is 2. The summed E-state index contributed by atoms with van der Waals surface area (Å²) in [6, 6.07) is 11.7. The third-order valence-electron chi connectivity index (χ3n) is 3.68. The molecule has 2 amide bonds. The van der Waals surface area contributed by atoms with Gasteiger partial charge in [-0.15, -0.1) is 0 Å². The van der Waals surface area contributed by atoms with Gasteiger partial charge in [-0.2, -0.15) is 0 Å². The minimum atomic E-state index is -0.170. The summed E-state index contributed by atoms with van der Waals surface area (Å²) in [6.07, 6.45) is 0. The summed E-state index contributed by atoms with van der Waals surface area (Å²) in [7, 11) is 3.35. The topological polar surface area (TPSA) is 41.6 Å². The number of amides is 2. The zero-order valence-electron chi connectivity index (χ0n) is 13.8. The van der Waals surface area contributed by atoms with E-state index in [-0.39, 0.29) is 6.03 Å². The van der Waals surface area contributed by atoms with Gasteiger partial charge >= 0.3 is 6.03 Å². The average Bonchev–Trinajstić information content (AvgIpc) is 2.53. The smallest absolute Gasteiger partial charge is 0.321 e. The van der Waals surface area contributed by atoms with Crippen LogP contribution in [-0.4, -0.2) is 20.1 Å². The van der Waals surface area contributed by atoms with Gasteiger partial charge in [-0.1, -0.05) is 39.7 Å². The number of benzene rings is 2. The normalized spacial score (nSPS) is 10.3. The number of urea groups is 1. The molecule has 0 atom stereocenters. The molecule has 0 saturated carbocycles. The van der Waals surface area contributed by atoms with Crippen molar-refractivity contribution in [3.05, 3.63) is 57.6 Å². The van der Waals surface area contributed by atoms with Crippen LogP contribution < -0.4 is 15.0 Å². The Hall–Kier alpha value is -2.01. The zero-order chi connectivity index (χ0) is 17.0. The number of nitrogens with zero attached hydrogens (tertiary/aromatic N) is 1. The van der Waals surface area contributed by atoms with Crippen LogP contribution in [0.3, 0.4) is 0 Å². The summed E-state index contributed by atoms with van der Waals surface area (Å²) < 4.78 is 6.89. The Bertz CT molecular complexity index is 716. The summed E-state index contributed by atoms with van der Waals surface area (Å²) >= 11 is 3.55. The highest BCUT2D eigenvalue weighted by Gasteiger charge is 2.16. The molecule has 0 aliphatic carbocycles. The fourth-order valence-corrected chi connectivity index (χ4v) is 2.86. The Morgan fingerprint density at radius 2 is 2.00 bits per heavy atom. The molecule has 0 heterocycles. The molecule has 2 aromatic rings. The van der Waals surface area contributed by atoms with E-state index in [0.29, 0.717) is 6.61 Å². The van der Waals surface area contributed by atoms with Crippen LogP contribution in [0, 0.1) is 13.8 Å². The zero-order valence-corrected chi connectivity index (χ0v) is 15.4. The van der Waals surface area contributed by atoms with Crippen LogP contribution in [0.4, 0.5) is 10.5 Å². The molecule has 0 unspecified atom stereocenters. The highest BCUT2D eigenvalue weighted by molar-refractivity contribution is 9.10. The largest absolute Gasteiger partial charge is 0.489 e. The number of carbonyl (C=O) groups is 1. The molecular formula is C18H21BrN2O2. The molecule has 0 bridgehead atoms. The number of ether oxygens (including phenoxy) is 1. The predicted octanol–water partition coefficient (Wildman–Crippen LogP) is 4.42. The molecule has 0 spiro atoms. The van der Waals surface area contributed by atoms with E-state index < -0.39 is 0 Å². The molecule has 2 rings (SSSR count). The van der Waals surface area contributed by atoms with Crippen molar-refractivity contribution in [3.8, 4) is 5.75 Å². The summed E-state index contributed by atoms with van der Waals surface area (Å²) in [6.45, 7) is 4.46. The number of halogens is 1. The van der Waals surface area contributed by atoms with Crippen molar-refractivity contribution in [3.63, 3.8) is 0 Å². The molecule has 4 nitrogen and oxygen atoms in total. The standard InChI is InChI=1S/C18H21BrN2O2/c1-12-8-9-17(13(2)10-12)23-11-14-15(19)6-5-7-16(14)21(4)18(22)20-3/h5-10H,11H2,1-4H3,(H,20,22). The minimum absolute atomic E-state index is 0.170. The Morgan fingerprint density at radius 3 is 2.65 bits per heavy atom. The van der Waals surface area contributed by atoms with Crippen molar-refractivity contribution in [2.24, 2.45) is 0 Å². The molecule has 0 saturated heterocycles. The minimum Gasteiger partial charge on any atom is -0.489 e. The molecule has 0 aliphatic rings. The van der Waals surface area contributed by atoms with E-state index in [1.807, 2.05) is 37.3 Å². The van der Waals surface area contributed by atoms with Gasteiger partial charge < -0.3 is 10.1 Å². The van der Waals surface area contributed by atoms with Crippen LogP contribution in [0.15, 0.2) is 40.9 Å². The maximum absolute atomic E-state index is 11.9. The predicted molar refractivity (Wildman–Crippen MR) is 97.2 cm³/mol. The lowest BCUT2D eigenvalue weighted by atomic mass is 10.1. The van der Waals surface area contributed by atoms with Crippen LogP contribution in [0.5, 0.6) is 5.75 Å². The van der Waals surface area contributed by atoms with Gasteiger partial charge in [0.1, 0.15) is 12.4 Å². The van der Waals surface area contributed by atoms with Gasteiger partial charge in [-0.25, -0.2) is 4.79 Å². The lowest BCUT2D eigenvalue weighted by Gasteiger charge is -2.21. The maximum atomic E-state index is 11.9. The van der Waals surface area contributed by atoms with Crippen LogP contribution in [0.25, 0.3) is 0 Å². The first kappa shape index (κ1) is 17.3. The van der Waals surface area contributed by atoms with Crippen molar-refractivity contribution in [2.45, 2.75) is 20.5 Å². The Balaban J connectivity index is 2.27. The van der Waals surface area contributed by atoms with Crippen LogP contribution in [-0.2, 0) is 6.61 Å². The van der Waals surface area contributed by atoms with Crippen molar-refractivity contribution in [2.75, 3.05) is 19.0 Å². The second-order valence-corrected chi connectivity index (χ2v) is 6.26. The quantitative estimate of drug-likeness (QED) is 0.857.